The summed E-state index contributed by atoms with van der Waals surface area (Å²) in [6.45, 7) is 5.00. The van der Waals surface area contributed by atoms with Crippen LogP contribution in [0.25, 0.3) is 0 Å². The minimum atomic E-state index is -4.11. The fourth-order valence-electron chi connectivity index (χ4n) is 1.87. The number of alkyl halides is 3. The first-order valence-corrected chi connectivity index (χ1v) is 6.80. The van der Waals surface area contributed by atoms with E-state index in [1.807, 2.05) is 13.8 Å². The Morgan fingerprint density at radius 1 is 1.06 bits per heavy atom. The summed E-state index contributed by atoms with van der Waals surface area (Å²) in [4.78, 5) is 0. The number of hydrogen-bond acceptors (Lipinski definition) is 2. The molecule has 1 aliphatic carbocycles. The molecular formula is C12H22BF3O2. The zero-order chi connectivity index (χ0) is 13.6. The van der Waals surface area contributed by atoms with E-state index in [0.29, 0.717) is 13.2 Å². The van der Waals surface area contributed by atoms with E-state index in [9.17, 15) is 13.2 Å². The summed E-state index contributed by atoms with van der Waals surface area (Å²) in [6.07, 6.45) is -0.310. The first kappa shape index (κ1) is 15.8. The van der Waals surface area contributed by atoms with Crippen LogP contribution in [0.5, 0.6) is 0 Å². The molecule has 0 heterocycles. The highest BCUT2D eigenvalue weighted by atomic mass is 19.4. The molecule has 0 bridgehead atoms. The Labute approximate surface area is 107 Å². The lowest BCUT2D eigenvalue weighted by atomic mass is 9.80. The van der Waals surface area contributed by atoms with Crippen molar-refractivity contribution in [2.45, 2.75) is 57.9 Å². The van der Waals surface area contributed by atoms with E-state index in [0.717, 1.165) is 25.7 Å². The quantitative estimate of drug-likeness (QED) is 0.462. The predicted molar refractivity (Wildman–Crippen MR) is 65.4 cm³/mol. The Morgan fingerprint density at radius 3 is 1.89 bits per heavy atom. The maximum atomic E-state index is 12.5. The number of hydrogen-bond donors (Lipinski definition) is 0. The van der Waals surface area contributed by atoms with Crippen molar-refractivity contribution in [1.82, 2.24) is 0 Å². The second-order valence-corrected chi connectivity index (χ2v) is 4.86. The van der Waals surface area contributed by atoms with Gasteiger partial charge in [0.1, 0.15) is 0 Å². The van der Waals surface area contributed by atoms with Crippen molar-refractivity contribution in [3.63, 3.8) is 0 Å². The van der Waals surface area contributed by atoms with Crippen LogP contribution in [-0.4, -0.2) is 26.5 Å². The molecule has 0 aliphatic heterocycles. The van der Waals surface area contributed by atoms with Gasteiger partial charge in [-0.1, -0.05) is 26.7 Å². The fraction of sp³-hybridized carbons (Fsp3) is 1.00. The molecule has 0 amide bonds. The predicted octanol–water partition coefficient (Wildman–Crippen LogP) is 4.06. The molecule has 0 aromatic heterocycles. The third kappa shape index (κ3) is 5.18. The normalized spacial score (nSPS) is 23.2. The third-order valence-corrected chi connectivity index (χ3v) is 3.17. The summed E-state index contributed by atoms with van der Waals surface area (Å²) in [5.41, 5.74) is 0. The van der Waals surface area contributed by atoms with Gasteiger partial charge in [0.05, 0.1) is 5.92 Å². The van der Waals surface area contributed by atoms with Gasteiger partial charge < -0.3 is 9.31 Å². The number of unbranched alkanes of at least 4 members (excludes halogenated alkanes) is 2. The number of halogens is 3. The van der Waals surface area contributed by atoms with Crippen LogP contribution in [0.15, 0.2) is 0 Å². The molecule has 0 radical (unpaired) electrons. The molecule has 6 heteroatoms. The molecule has 1 rings (SSSR count). The van der Waals surface area contributed by atoms with Crippen LogP contribution in [0, 0.1) is 5.92 Å². The van der Waals surface area contributed by atoms with E-state index in [1.54, 1.807) is 0 Å². The van der Waals surface area contributed by atoms with Crippen molar-refractivity contribution in [3.05, 3.63) is 0 Å². The summed E-state index contributed by atoms with van der Waals surface area (Å²) in [7, 11) is -0.672. The molecule has 1 saturated carbocycles. The van der Waals surface area contributed by atoms with Gasteiger partial charge in [0.15, 0.2) is 0 Å². The topological polar surface area (TPSA) is 18.5 Å². The molecule has 0 unspecified atom stereocenters. The van der Waals surface area contributed by atoms with Crippen molar-refractivity contribution in [2.75, 3.05) is 13.2 Å². The maximum absolute atomic E-state index is 12.5. The minimum Gasteiger partial charge on any atom is -0.411 e. The van der Waals surface area contributed by atoms with E-state index in [1.165, 1.54) is 0 Å². The highest BCUT2D eigenvalue weighted by Crippen LogP contribution is 2.56. The fourth-order valence-corrected chi connectivity index (χ4v) is 1.87. The second-order valence-electron chi connectivity index (χ2n) is 4.86. The summed E-state index contributed by atoms with van der Waals surface area (Å²) in [5, 5.41) is 0. The molecule has 106 valence electrons. The van der Waals surface area contributed by atoms with Crippen molar-refractivity contribution < 1.29 is 22.5 Å². The van der Waals surface area contributed by atoms with Gasteiger partial charge in [-0.15, -0.1) is 0 Å². The van der Waals surface area contributed by atoms with Crippen LogP contribution in [-0.2, 0) is 9.31 Å². The molecule has 18 heavy (non-hydrogen) atoms. The summed E-state index contributed by atoms with van der Waals surface area (Å²) < 4.78 is 48.5. The highest BCUT2D eigenvalue weighted by Gasteiger charge is 2.61. The van der Waals surface area contributed by atoms with Crippen LogP contribution < -0.4 is 0 Å². The average molecular weight is 266 g/mol. The van der Waals surface area contributed by atoms with Gasteiger partial charge in [-0.2, -0.15) is 13.2 Å². The van der Waals surface area contributed by atoms with Crippen LogP contribution in [0.1, 0.15) is 46.0 Å². The minimum absolute atomic E-state index is 0.145. The lowest BCUT2D eigenvalue weighted by molar-refractivity contribution is -0.147. The largest absolute Gasteiger partial charge is 0.460 e. The Bertz CT molecular complexity index is 226. The van der Waals surface area contributed by atoms with Crippen molar-refractivity contribution in [1.29, 1.82) is 0 Å². The lowest BCUT2D eigenvalue weighted by Gasteiger charge is -2.15. The molecule has 0 aromatic rings. The monoisotopic (exact) mass is 266 g/mol. The Kier molecular flexibility index (Phi) is 6.50. The standard InChI is InChI=1S/C12H22BF3O2/c1-3-5-7-17-13(18-8-6-4-2)11-9-10(11)12(14,15)16/h10-11H,3-9H2,1-2H3/t10-,11-/m1/s1. The second kappa shape index (κ2) is 7.39. The van der Waals surface area contributed by atoms with Gasteiger partial charge in [-0.3, -0.25) is 0 Å². The van der Waals surface area contributed by atoms with Gasteiger partial charge in [-0.25, -0.2) is 0 Å². The highest BCUT2D eigenvalue weighted by molar-refractivity contribution is 6.47. The molecule has 1 fully saturated rings. The summed E-state index contributed by atoms with van der Waals surface area (Å²) in [6, 6.07) is 0. The van der Waals surface area contributed by atoms with Gasteiger partial charge in [0, 0.05) is 19.0 Å². The van der Waals surface area contributed by atoms with Gasteiger partial charge in [0.2, 0.25) is 0 Å². The van der Waals surface area contributed by atoms with E-state index >= 15 is 0 Å². The van der Waals surface area contributed by atoms with E-state index < -0.39 is 25.0 Å². The Balaban J connectivity index is 2.35. The lowest BCUT2D eigenvalue weighted by Crippen LogP contribution is -2.27. The zero-order valence-corrected chi connectivity index (χ0v) is 11.1. The maximum Gasteiger partial charge on any atom is 0.460 e. The molecular weight excluding hydrogens is 244 g/mol. The molecule has 0 aromatic carbocycles. The first-order valence-electron chi connectivity index (χ1n) is 6.80. The Morgan fingerprint density at radius 2 is 1.56 bits per heavy atom. The van der Waals surface area contributed by atoms with E-state index in [2.05, 4.69) is 0 Å². The van der Waals surface area contributed by atoms with Crippen molar-refractivity contribution >= 4 is 7.12 Å². The SMILES string of the molecule is CCCCOB(OCCCC)[C@@H]1C[C@H]1C(F)(F)F. The van der Waals surface area contributed by atoms with Gasteiger partial charge in [0.25, 0.3) is 0 Å². The first-order chi connectivity index (χ1) is 8.50. The molecule has 1 aliphatic rings. The third-order valence-electron chi connectivity index (χ3n) is 3.17. The number of rotatable bonds is 9. The average Bonchev–Trinajstić information content (AvgIpc) is 3.07. The van der Waals surface area contributed by atoms with Crippen molar-refractivity contribution in [2.24, 2.45) is 5.92 Å². The zero-order valence-electron chi connectivity index (χ0n) is 11.1. The molecule has 2 atom stereocenters. The van der Waals surface area contributed by atoms with Gasteiger partial charge >= 0.3 is 13.3 Å². The van der Waals surface area contributed by atoms with E-state index in [4.69, 9.17) is 9.31 Å². The van der Waals surface area contributed by atoms with Gasteiger partial charge in [-0.05, 0) is 19.3 Å². The molecule has 0 saturated heterocycles. The van der Waals surface area contributed by atoms with E-state index in [-0.39, 0.29) is 6.42 Å². The summed E-state index contributed by atoms with van der Waals surface area (Å²) >= 11 is 0. The molecule has 2 nitrogen and oxygen atoms in total. The molecule has 0 spiro atoms. The molecule has 0 N–H and O–H groups in total. The van der Waals surface area contributed by atoms with Crippen molar-refractivity contribution in [3.8, 4) is 0 Å². The van der Waals surface area contributed by atoms with Crippen LogP contribution in [0.2, 0.25) is 5.82 Å². The van der Waals surface area contributed by atoms with Crippen LogP contribution >= 0.6 is 0 Å². The smallest absolute Gasteiger partial charge is 0.411 e. The van der Waals surface area contributed by atoms with Crippen LogP contribution in [0.3, 0.4) is 0 Å². The van der Waals surface area contributed by atoms with Crippen LogP contribution in [0.4, 0.5) is 13.2 Å². The summed E-state index contributed by atoms with van der Waals surface area (Å²) in [5.74, 6) is -1.73. The Hall–Kier alpha value is -0.225.